The largest absolute Gasteiger partial charge is 0.465 e. The van der Waals surface area contributed by atoms with Gasteiger partial charge in [-0.3, -0.25) is 4.79 Å². The van der Waals surface area contributed by atoms with Crippen molar-refractivity contribution < 1.29 is 14.7 Å². The first-order chi connectivity index (χ1) is 15.5. The van der Waals surface area contributed by atoms with E-state index in [0.29, 0.717) is 30.5 Å². The Balaban J connectivity index is 1.49. The van der Waals surface area contributed by atoms with Gasteiger partial charge in [0.25, 0.3) is 5.91 Å². The van der Waals surface area contributed by atoms with E-state index >= 15 is 0 Å². The number of nitrogens with zero attached hydrogens (tertiary/aromatic N) is 2. The molecular formula is C26H29N3O3. The van der Waals surface area contributed by atoms with Crippen LogP contribution in [-0.4, -0.2) is 47.1 Å². The number of nitrogens with one attached hydrogen (secondary N) is 1. The average molecular weight is 432 g/mol. The smallest absolute Gasteiger partial charge is 0.404 e. The van der Waals surface area contributed by atoms with Crippen molar-refractivity contribution in [3.63, 3.8) is 0 Å². The monoisotopic (exact) mass is 431 g/mol. The molecule has 2 N–H and O–H groups in total. The third-order valence-corrected chi connectivity index (χ3v) is 6.40. The first-order valence-electron chi connectivity index (χ1n) is 11.2. The molecule has 6 nitrogen and oxygen atoms in total. The molecule has 1 saturated carbocycles. The summed E-state index contributed by atoms with van der Waals surface area (Å²) in [7, 11) is 1.87. The molecule has 0 unspecified atom stereocenters. The summed E-state index contributed by atoms with van der Waals surface area (Å²) >= 11 is 0. The molecule has 0 atom stereocenters. The summed E-state index contributed by atoms with van der Waals surface area (Å²) in [4.78, 5) is 30.8. The molecule has 2 aromatic carbocycles. The predicted molar refractivity (Wildman–Crippen MR) is 126 cm³/mol. The Bertz CT molecular complexity index is 1090. The topological polar surface area (TPSA) is 82.5 Å². The van der Waals surface area contributed by atoms with Gasteiger partial charge in [-0.2, -0.15) is 0 Å². The summed E-state index contributed by atoms with van der Waals surface area (Å²) in [6.07, 6.45) is 3.04. The van der Waals surface area contributed by atoms with Crippen LogP contribution < -0.4 is 5.32 Å². The van der Waals surface area contributed by atoms with Gasteiger partial charge in [-0.1, -0.05) is 48.5 Å². The molecule has 0 radical (unpaired) electrons. The molecule has 0 bridgehead atoms. The molecule has 4 rings (SSSR count). The summed E-state index contributed by atoms with van der Waals surface area (Å²) in [5, 5.41) is 12.2. The number of aromatic nitrogens is 1. The number of fused-ring (bicyclic) bond motifs is 1. The highest BCUT2D eigenvalue weighted by Crippen LogP contribution is 2.30. The van der Waals surface area contributed by atoms with E-state index < -0.39 is 6.09 Å². The third-order valence-electron chi connectivity index (χ3n) is 6.40. The molecule has 0 saturated heterocycles. The highest BCUT2D eigenvalue weighted by Gasteiger charge is 2.25. The van der Waals surface area contributed by atoms with E-state index in [0.717, 1.165) is 47.8 Å². The van der Waals surface area contributed by atoms with Crippen LogP contribution in [0.1, 0.15) is 36.0 Å². The Morgan fingerprint density at radius 1 is 1.00 bits per heavy atom. The van der Waals surface area contributed by atoms with Crippen LogP contribution in [0, 0.1) is 11.8 Å². The molecule has 166 valence electrons. The summed E-state index contributed by atoms with van der Waals surface area (Å²) in [5.41, 5.74) is 3.28. The number of carboxylic acid groups (broad SMARTS) is 1. The van der Waals surface area contributed by atoms with E-state index in [4.69, 9.17) is 10.1 Å². The van der Waals surface area contributed by atoms with E-state index in [1.807, 2.05) is 72.6 Å². The van der Waals surface area contributed by atoms with Crippen molar-refractivity contribution in [3.05, 3.63) is 66.2 Å². The first kappa shape index (κ1) is 21.8. The van der Waals surface area contributed by atoms with Crippen LogP contribution >= 0.6 is 0 Å². The maximum Gasteiger partial charge on any atom is 0.404 e. The maximum absolute atomic E-state index is 13.5. The number of pyridine rings is 1. The van der Waals surface area contributed by atoms with Crippen molar-refractivity contribution in [2.45, 2.75) is 25.7 Å². The molecule has 1 aromatic heterocycles. The number of hydrogen-bond acceptors (Lipinski definition) is 3. The zero-order valence-electron chi connectivity index (χ0n) is 18.3. The standard InChI is InChI=1S/C26H29N3O3/c1-29(17-19-13-11-18(12-14-19)16-27-26(31)32)25(30)22-15-24(20-7-3-2-4-8-20)28-23-10-6-5-9-21(22)23/h2-10,15,18-19,27H,11-14,16-17H2,1H3,(H,31,32)/t18-,19-. The van der Waals surface area contributed by atoms with Gasteiger partial charge in [-0.15, -0.1) is 0 Å². The predicted octanol–water partition coefficient (Wildman–Crippen LogP) is 5.05. The molecular weight excluding hydrogens is 402 g/mol. The van der Waals surface area contributed by atoms with Gasteiger partial charge >= 0.3 is 6.09 Å². The van der Waals surface area contributed by atoms with Crippen LogP contribution in [0.15, 0.2) is 60.7 Å². The number of carbonyl (C=O) groups is 2. The fraction of sp³-hybridized carbons (Fsp3) is 0.346. The lowest BCUT2D eigenvalue weighted by atomic mass is 9.81. The summed E-state index contributed by atoms with van der Waals surface area (Å²) in [5.74, 6) is 0.836. The van der Waals surface area contributed by atoms with Gasteiger partial charge in [0.15, 0.2) is 0 Å². The van der Waals surface area contributed by atoms with Gasteiger partial charge in [0.1, 0.15) is 0 Å². The minimum absolute atomic E-state index is 0.00967. The molecule has 1 fully saturated rings. The molecule has 0 spiro atoms. The lowest BCUT2D eigenvalue weighted by molar-refractivity contribution is 0.0755. The van der Waals surface area contributed by atoms with E-state index in [2.05, 4.69) is 5.32 Å². The molecule has 2 amide bonds. The second-order valence-electron chi connectivity index (χ2n) is 8.70. The van der Waals surface area contributed by atoms with Crippen LogP contribution in [-0.2, 0) is 0 Å². The number of para-hydroxylation sites is 1. The quantitative estimate of drug-likeness (QED) is 0.572. The van der Waals surface area contributed by atoms with Gasteiger partial charge in [0, 0.05) is 31.1 Å². The molecule has 3 aromatic rings. The van der Waals surface area contributed by atoms with Crippen molar-refractivity contribution in [2.24, 2.45) is 11.8 Å². The zero-order valence-corrected chi connectivity index (χ0v) is 18.3. The Labute approximate surface area is 188 Å². The highest BCUT2D eigenvalue weighted by molar-refractivity contribution is 6.07. The van der Waals surface area contributed by atoms with E-state index in [1.54, 1.807) is 0 Å². The lowest BCUT2D eigenvalue weighted by Gasteiger charge is -2.31. The molecule has 0 aliphatic heterocycles. The zero-order chi connectivity index (χ0) is 22.5. The first-order valence-corrected chi connectivity index (χ1v) is 11.2. The number of carbonyl (C=O) groups excluding carboxylic acids is 1. The van der Waals surface area contributed by atoms with Crippen LogP contribution in [0.3, 0.4) is 0 Å². The Morgan fingerprint density at radius 2 is 1.66 bits per heavy atom. The lowest BCUT2D eigenvalue weighted by Crippen LogP contribution is -2.35. The Morgan fingerprint density at radius 3 is 2.38 bits per heavy atom. The second-order valence-corrected chi connectivity index (χ2v) is 8.70. The van der Waals surface area contributed by atoms with E-state index in [-0.39, 0.29) is 5.91 Å². The van der Waals surface area contributed by atoms with Gasteiger partial charge in [-0.25, -0.2) is 9.78 Å². The summed E-state index contributed by atoms with van der Waals surface area (Å²) in [6, 6.07) is 19.6. The van der Waals surface area contributed by atoms with Gasteiger partial charge in [0.2, 0.25) is 0 Å². The average Bonchev–Trinajstić information content (AvgIpc) is 2.83. The van der Waals surface area contributed by atoms with Crippen LogP contribution in [0.2, 0.25) is 0 Å². The van der Waals surface area contributed by atoms with Crippen LogP contribution in [0.5, 0.6) is 0 Å². The molecule has 1 aliphatic rings. The molecule has 1 heterocycles. The summed E-state index contributed by atoms with van der Waals surface area (Å²) < 4.78 is 0. The Kier molecular flexibility index (Phi) is 6.69. The van der Waals surface area contributed by atoms with Crippen molar-refractivity contribution in [1.29, 1.82) is 0 Å². The maximum atomic E-state index is 13.5. The van der Waals surface area contributed by atoms with E-state index in [1.165, 1.54) is 0 Å². The number of hydrogen-bond donors (Lipinski definition) is 2. The van der Waals surface area contributed by atoms with Crippen molar-refractivity contribution in [1.82, 2.24) is 15.2 Å². The Hall–Kier alpha value is -3.41. The van der Waals surface area contributed by atoms with Gasteiger partial charge in [0.05, 0.1) is 16.8 Å². The fourth-order valence-electron chi connectivity index (χ4n) is 4.63. The number of amides is 2. The number of benzene rings is 2. The van der Waals surface area contributed by atoms with Crippen LogP contribution in [0.25, 0.3) is 22.2 Å². The SMILES string of the molecule is CN(C[C@H]1CC[C@H](CNC(=O)O)CC1)C(=O)c1cc(-c2ccccc2)nc2ccccc12. The third kappa shape index (κ3) is 5.07. The second kappa shape index (κ2) is 9.81. The minimum Gasteiger partial charge on any atom is -0.465 e. The van der Waals surface area contributed by atoms with Crippen molar-refractivity contribution in [2.75, 3.05) is 20.1 Å². The molecule has 6 heteroatoms. The molecule has 32 heavy (non-hydrogen) atoms. The fourth-order valence-corrected chi connectivity index (χ4v) is 4.63. The minimum atomic E-state index is -0.961. The van der Waals surface area contributed by atoms with Gasteiger partial charge in [-0.05, 0) is 49.7 Å². The van der Waals surface area contributed by atoms with Crippen LogP contribution in [0.4, 0.5) is 4.79 Å². The molecule has 1 aliphatic carbocycles. The normalized spacial score (nSPS) is 18.3. The van der Waals surface area contributed by atoms with Crippen molar-refractivity contribution in [3.8, 4) is 11.3 Å². The van der Waals surface area contributed by atoms with Crippen molar-refractivity contribution >= 4 is 22.9 Å². The highest BCUT2D eigenvalue weighted by atomic mass is 16.4. The number of rotatable bonds is 6. The summed E-state index contributed by atoms with van der Waals surface area (Å²) in [6.45, 7) is 1.22. The van der Waals surface area contributed by atoms with Gasteiger partial charge < -0.3 is 15.3 Å². The van der Waals surface area contributed by atoms with E-state index in [9.17, 15) is 9.59 Å².